The van der Waals surface area contributed by atoms with Crippen molar-refractivity contribution < 1.29 is 4.79 Å². The largest absolute Gasteiger partial charge is 0.369 e. The molecule has 2 aromatic rings. The molecule has 1 amide bonds. The van der Waals surface area contributed by atoms with E-state index in [0.29, 0.717) is 11.7 Å². The molecule has 0 bridgehead atoms. The van der Waals surface area contributed by atoms with Gasteiger partial charge < -0.3 is 10.2 Å². The summed E-state index contributed by atoms with van der Waals surface area (Å²) in [6.07, 6.45) is 2.21. The lowest BCUT2D eigenvalue weighted by Crippen LogP contribution is -2.46. The van der Waals surface area contributed by atoms with Crippen molar-refractivity contribution in [1.29, 1.82) is 0 Å². The van der Waals surface area contributed by atoms with Crippen LogP contribution in [0.2, 0.25) is 0 Å². The van der Waals surface area contributed by atoms with Gasteiger partial charge in [0, 0.05) is 43.3 Å². The summed E-state index contributed by atoms with van der Waals surface area (Å²) in [5.41, 5.74) is 3.25. The average Bonchev–Trinajstić information content (AvgIpc) is 3.31. The first kappa shape index (κ1) is 16.5. The van der Waals surface area contributed by atoms with Gasteiger partial charge >= 0.3 is 0 Å². The highest BCUT2D eigenvalue weighted by Crippen LogP contribution is 2.22. The quantitative estimate of drug-likeness (QED) is 0.895. The van der Waals surface area contributed by atoms with Crippen LogP contribution in [0.4, 0.5) is 5.69 Å². The van der Waals surface area contributed by atoms with E-state index in [0.717, 1.165) is 50.6 Å². The Balaban J connectivity index is 1.30. The van der Waals surface area contributed by atoms with Crippen molar-refractivity contribution in [2.75, 3.05) is 31.1 Å². The fraction of sp³-hybridized carbons (Fsp3) is 0.474. The van der Waals surface area contributed by atoms with Crippen LogP contribution in [0.5, 0.6) is 0 Å². The molecule has 1 saturated heterocycles. The molecule has 0 unspecified atom stereocenters. The molecule has 1 N–H and O–H groups in total. The first-order valence-electron chi connectivity index (χ1n) is 8.97. The second-order valence-corrected chi connectivity index (χ2v) is 7.87. The zero-order valence-electron chi connectivity index (χ0n) is 14.6. The topological polar surface area (TPSA) is 48.5 Å². The molecule has 0 spiro atoms. The van der Waals surface area contributed by atoms with Gasteiger partial charge in [-0.15, -0.1) is 11.3 Å². The summed E-state index contributed by atoms with van der Waals surface area (Å²) in [5, 5.41) is 5.92. The van der Waals surface area contributed by atoms with E-state index >= 15 is 0 Å². The third-order valence-electron chi connectivity index (χ3n) is 4.88. The van der Waals surface area contributed by atoms with E-state index in [4.69, 9.17) is 0 Å². The number of anilines is 1. The Morgan fingerprint density at radius 1 is 1.24 bits per heavy atom. The zero-order chi connectivity index (χ0) is 17.2. The Morgan fingerprint density at radius 3 is 2.72 bits per heavy atom. The standard InChI is InChI=1S/C19H24N4OS/c1-14-4-2-3-5-17(14)23-10-8-22(9-11-23)12-18-21-16(13-25-18)19(24)20-15-6-7-15/h2-5,13,15H,6-12H2,1H3,(H,20,24). The molecule has 1 aliphatic heterocycles. The number of nitrogens with zero attached hydrogens (tertiary/aromatic N) is 3. The first-order valence-corrected chi connectivity index (χ1v) is 9.85. The molecule has 0 atom stereocenters. The van der Waals surface area contributed by atoms with E-state index in [-0.39, 0.29) is 5.91 Å². The van der Waals surface area contributed by atoms with Crippen LogP contribution in [-0.4, -0.2) is 48.0 Å². The number of nitrogens with one attached hydrogen (secondary N) is 1. The molecule has 2 aliphatic rings. The van der Waals surface area contributed by atoms with Gasteiger partial charge in [-0.1, -0.05) is 18.2 Å². The third-order valence-corrected chi connectivity index (χ3v) is 5.72. The minimum Gasteiger partial charge on any atom is -0.369 e. The Bertz CT molecular complexity index is 747. The van der Waals surface area contributed by atoms with E-state index in [2.05, 4.69) is 51.3 Å². The number of amides is 1. The molecule has 1 aromatic heterocycles. The minimum absolute atomic E-state index is 0.0191. The monoisotopic (exact) mass is 356 g/mol. The summed E-state index contributed by atoms with van der Waals surface area (Å²) >= 11 is 1.59. The normalized spacial score (nSPS) is 18.4. The van der Waals surface area contributed by atoms with Gasteiger partial charge in [-0.2, -0.15) is 0 Å². The fourth-order valence-electron chi connectivity index (χ4n) is 3.23. The van der Waals surface area contributed by atoms with Gasteiger partial charge in [-0.25, -0.2) is 4.98 Å². The van der Waals surface area contributed by atoms with Gasteiger partial charge in [0.15, 0.2) is 0 Å². The fourth-order valence-corrected chi connectivity index (χ4v) is 4.05. The van der Waals surface area contributed by atoms with Crippen LogP contribution in [0.1, 0.15) is 33.9 Å². The lowest BCUT2D eigenvalue weighted by molar-refractivity contribution is 0.0946. The minimum atomic E-state index is -0.0191. The van der Waals surface area contributed by atoms with Crippen molar-refractivity contribution in [3.8, 4) is 0 Å². The van der Waals surface area contributed by atoms with Gasteiger partial charge in [0.25, 0.3) is 5.91 Å². The number of aryl methyl sites for hydroxylation is 1. The molecule has 2 heterocycles. The number of carbonyl (C=O) groups excluding carboxylic acids is 1. The maximum Gasteiger partial charge on any atom is 0.270 e. The molecular formula is C19H24N4OS. The Hall–Kier alpha value is -1.92. The van der Waals surface area contributed by atoms with Crippen molar-refractivity contribution in [2.45, 2.75) is 32.4 Å². The van der Waals surface area contributed by atoms with Crippen LogP contribution in [0.15, 0.2) is 29.6 Å². The van der Waals surface area contributed by atoms with E-state index in [1.54, 1.807) is 11.3 Å². The maximum absolute atomic E-state index is 12.0. The second-order valence-electron chi connectivity index (χ2n) is 6.92. The van der Waals surface area contributed by atoms with Crippen molar-refractivity contribution >= 4 is 22.9 Å². The number of benzene rings is 1. The number of rotatable bonds is 5. The molecule has 1 aromatic carbocycles. The van der Waals surface area contributed by atoms with Crippen LogP contribution in [-0.2, 0) is 6.54 Å². The summed E-state index contributed by atoms with van der Waals surface area (Å²) in [6, 6.07) is 8.96. The summed E-state index contributed by atoms with van der Waals surface area (Å²) in [4.78, 5) is 21.5. The predicted octanol–water partition coefficient (Wildman–Crippen LogP) is 2.67. The molecule has 6 heteroatoms. The number of aromatic nitrogens is 1. The maximum atomic E-state index is 12.0. The lowest BCUT2D eigenvalue weighted by atomic mass is 10.1. The highest BCUT2D eigenvalue weighted by atomic mass is 32.1. The summed E-state index contributed by atoms with van der Waals surface area (Å²) in [7, 11) is 0. The van der Waals surface area contributed by atoms with Crippen molar-refractivity contribution in [3.63, 3.8) is 0 Å². The van der Waals surface area contributed by atoms with Gasteiger partial charge in [-0.05, 0) is 31.4 Å². The van der Waals surface area contributed by atoms with Crippen LogP contribution in [0.3, 0.4) is 0 Å². The molecule has 2 fully saturated rings. The molecular weight excluding hydrogens is 332 g/mol. The summed E-state index contributed by atoms with van der Waals surface area (Å²) < 4.78 is 0. The second kappa shape index (κ2) is 7.14. The number of thiazole rings is 1. The third kappa shape index (κ3) is 4.02. The van der Waals surface area contributed by atoms with Crippen molar-refractivity contribution in [1.82, 2.24) is 15.2 Å². The first-order chi connectivity index (χ1) is 12.2. The van der Waals surface area contributed by atoms with Crippen LogP contribution in [0.25, 0.3) is 0 Å². The number of hydrogen-bond donors (Lipinski definition) is 1. The number of para-hydroxylation sites is 1. The van der Waals surface area contributed by atoms with Crippen LogP contribution >= 0.6 is 11.3 Å². The molecule has 5 nitrogen and oxygen atoms in total. The van der Waals surface area contributed by atoms with Gasteiger partial charge in [-0.3, -0.25) is 9.69 Å². The highest BCUT2D eigenvalue weighted by Gasteiger charge is 2.25. The van der Waals surface area contributed by atoms with Crippen LogP contribution in [0, 0.1) is 6.92 Å². The average molecular weight is 356 g/mol. The smallest absolute Gasteiger partial charge is 0.270 e. The van der Waals surface area contributed by atoms with E-state index in [1.807, 2.05) is 5.38 Å². The van der Waals surface area contributed by atoms with Gasteiger partial charge in [0.05, 0.1) is 6.54 Å². The molecule has 1 aliphatic carbocycles. The molecule has 1 saturated carbocycles. The summed E-state index contributed by atoms with van der Waals surface area (Å²) in [5.74, 6) is -0.0191. The van der Waals surface area contributed by atoms with Crippen molar-refractivity contribution in [2.24, 2.45) is 0 Å². The number of carbonyl (C=O) groups is 1. The molecule has 4 rings (SSSR count). The van der Waals surface area contributed by atoms with E-state index < -0.39 is 0 Å². The Morgan fingerprint density at radius 2 is 2.00 bits per heavy atom. The summed E-state index contributed by atoms with van der Waals surface area (Å²) in [6.45, 7) is 7.13. The highest BCUT2D eigenvalue weighted by molar-refractivity contribution is 7.09. The molecule has 0 radical (unpaired) electrons. The van der Waals surface area contributed by atoms with E-state index in [1.165, 1.54) is 11.3 Å². The van der Waals surface area contributed by atoms with Crippen LogP contribution < -0.4 is 10.2 Å². The van der Waals surface area contributed by atoms with Gasteiger partial charge in [0.1, 0.15) is 10.7 Å². The Labute approximate surface area is 152 Å². The Kier molecular flexibility index (Phi) is 4.72. The number of hydrogen-bond acceptors (Lipinski definition) is 5. The lowest BCUT2D eigenvalue weighted by Gasteiger charge is -2.36. The van der Waals surface area contributed by atoms with Crippen molar-refractivity contribution in [3.05, 3.63) is 45.9 Å². The van der Waals surface area contributed by atoms with Gasteiger partial charge in [0.2, 0.25) is 0 Å². The SMILES string of the molecule is Cc1ccccc1N1CCN(Cc2nc(C(=O)NC3CC3)cs2)CC1. The predicted molar refractivity (Wildman–Crippen MR) is 101 cm³/mol. The molecule has 132 valence electrons. The number of piperazine rings is 1. The van der Waals surface area contributed by atoms with E-state index in [9.17, 15) is 4.79 Å². The zero-order valence-corrected chi connectivity index (χ0v) is 15.4. The molecule has 25 heavy (non-hydrogen) atoms.